The van der Waals surface area contributed by atoms with Crippen molar-refractivity contribution < 1.29 is 36.6 Å². The molecule has 0 atom stereocenters. The number of rotatable bonds is 5. The van der Waals surface area contributed by atoms with Gasteiger partial charge in [0.15, 0.2) is 5.67 Å². The van der Waals surface area contributed by atoms with Gasteiger partial charge >= 0.3 is 12.3 Å². The van der Waals surface area contributed by atoms with Crippen molar-refractivity contribution in [1.29, 1.82) is 0 Å². The lowest BCUT2D eigenvalue weighted by Gasteiger charge is -2.34. The number of ether oxygens (including phenoxy) is 2. The van der Waals surface area contributed by atoms with Crippen molar-refractivity contribution >= 4 is 39.4 Å². The maximum absolute atomic E-state index is 13.9. The van der Waals surface area contributed by atoms with Crippen LogP contribution in [0.25, 0.3) is 10.2 Å². The van der Waals surface area contributed by atoms with Gasteiger partial charge in [-0.25, -0.2) is 14.2 Å². The molecule has 4 heterocycles. The molecule has 2 saturated heterocycles. The van der Waals surface area contributed by atoms with Crippen molar-refractivity contribution in [2.24, 2.45) is 0 Å². The predicted octanol–water partition coefficient (Wildman–Crippen LogP) is 3.11. The van der Waals surface area contributed by atoms with Gasteiger partial charge in [-0.2, -0.15) is 13.2 Å². The van der Waals surface area contributed by atoms with Gasteiger partial charge in [-0.1, -0.05) is 0 Å². The van der Waals surface area contributed by atoms with Crippen LogP contribution in [0.5, 0.6) is 0 Å². The molecule has 2 aromatic heterocycles. The molecule has 0 spiro atoms. The van der Waals surface area contributed by atoms with Crippen LogP contribution in [0, 0.1) is 0 Å². The van der Waals surface area contributed by atoms with Gasteiger partial charge in [0.05, 0.1) is 41.1 Å². The number of carbonyl (C=O) groups is 2. The largest absolute Gasteiger partial charge is 0.446 e. The van der Waals surface area contributed by atoms with Crippen LogP contribution >= 0.6 is 11.3 Å². The molecule has 2 aromatic rings. The first-order valence-corrected chi connectivity index (χ1v) is 11.2. The number of alkyl carbamates (subject to hydrolysis) is 1. The zero-order valence-corrected chi connectivity index (χ0v) is 18.4. The summed E-state index contributed by atoms with van der Waals surface area (Å²) >= 11 is 0.825. The number of aromatic nitrogens is 1. The van der Waals surface area contributed by atoms with Crippen LogP contribution in [0.2, 0.25) is 0 Å². The van der Waals surface area contributed by atoms with E-state index in [1.165, 1.54) is 12.4 Å². The molecule has 0 aliphatic carbocycles. The normalized spacial score (nSPS) is 18.6. The number of nitrogens with zero attached hydrogens (tertiary/aromatic N) is 2. The van der Waals surface area contributed by atoms with Gasteiger partial charge in [0.2, 0.25) is 0 Å². The Morgan fingerprint density at radius 2 is 2.03 bits per heavy atom. The van der Waals surface area contributed by atoms with Crippen molar-refractivity contribution in [3.63, 3.8) is 0 Å². The predicted molar refractivity (Wildman–Crippen MR) is 112 cm³/mol. The first-order valence-electron chi connectivity index (χ1n) is 10.3. The number of hydrogen-bond donors (Lipinski definition) is 2. The molecular formula is C20H22F4N4O4S. The van der Waals surface area contributed by atoms with E-state index in [1.807, 2.05) is 0 Å². The maximum atomic E-state index is 13.9. The number of anilines is 1. The SMILES string of the molecule is CNC(=O)c1csc2c(C(F)(F)F)cc(N3CCC(OC(=O)NCC4(F)COC4)CC3)nc12. The van der Waals surface area contributed by atoms with Gasteiger partial charge in [-0.15, -0.1) is 11.3 Å². The lowest BCUT2D eigenvalue weighted by molar-refractivity contribution is -0.136. The smallest absolute Gasteiger partial charge is 0.417 e. The fourth-order valence-electron chi connectivity index (χ4n) is 3.72. The summed E-state index contributed by atoms with van der Waals surface area (Å²) in [5, 5.41) is 6.16. The molecule has 2 amide bonds. The highest BCUT2D eigenvalue weighted by Crippen LogP contribution is 2.40. The molecular weight excluding hydrogens is 468 g/mol. The quantitative estimate of drug-likeness (QED) is 0.626. The number of thiophene rings is 1. The molecule has 180 valence electrons. The second-order valence-corrected chi connectivity index (χ2v) is 8.90. The van der Waals surface area contributed by atoms with Crippen LogP contribution in [-0.2, 0) is 15.7 Å². The molecule has 2 aliphatic rings. The summed E-state index contributed by atoms with van der Waals surface area (Å²) in [6.07, 6.45) is -5.08. The molecule has 0 aromatic carbocycles. The lowest BCUT2D eigenvalue weighted by atomic mass is 10.1. The van der Waals surface area contributed by atoms with E-state index in [1.54, 1.807) is 4.90 Å². The van der Waals surface area contributed by atoms with Crippen LogP contribution in [0.4, 0.5) is 28.2 Å². The highest BCUT2D eigenvalue weighted by atomic mass is 32.1. The third-order valence-corrected chi connectivity index (χ3v) is 6.60. The third kappa shape index (κ3) is 4.98. The van der Waals surface area contributed by atoms with E-state index >= 15 is 0 Å². The Labute approximate surface area is 190 Å². The second-order valence-electron chi connectivity index (χ2n) is 8.02. The van der Waals surface area contributed by atoms with Gasteiger partial charge in [0.25, 0.3) is 5.91 Å². The van der Waals surface area contributed by atoms with E-state index in [9.17, 15) is 27.2 Å². The molecule has 4 rings (SSSR count). The Balaban J connectivity index is 1.45. The molecule has 2 aliphatic heterocycles. The second kappa shape index (κ2) is 8.93. The molecule has 2 fully saturated rings. The van der Waals surface area contributed by atoms with Gasteiger partial charge < -0.3 is 25.0 Å². The Morgan fingerprint density at radius 1 is 1.33 bits per heavy atom. The Hall–Kier alpha value is -2.67. The summed E-state index contributed by atoms with van der Waals surface area (Å²) in [6, 6.07) is 0.988. The van der Waals surface area contributed by atoms with Crippen LogP contribution in [0.3, 0.4) is 0 Å². The van der Waals surface area contributed by atoms with E-state index in [4.69, 9.17) is 9.47 Å². The summed E-state index contributed by atoms with van der Waals surface area (Å²) in [4.78, 5) is 30.0. The summed E-state index contributed by atoms with van der Waals surface area (Å²) in [5.41, 5.74) is -2.33. The number of carbonyl (C=O) groups excluding carboxylic acids is 2. The first-order chi connectivity index (χ1) is 15.6. The van der Waals surface area contributed by atoms with Crippen molar-refractivity contribution in [2.75, 3.05) is 44.8 Å². The molecule has 2 N–H and O–H groups in total. The van der Waals surface area contributed by atoms with Gasteiger partial charge in [0, 0.05) is 38.4 Å². The van der Waals surface area contributed by atoms with Gasteiger partial charge in [-0.05, 0) is 6.07 Å². The van der Waals surface area contributed by atoms with Crippen molar-refractivity contribution in [3.8, 4) is 0 Å². The third-order valence-electron chi connectivity index (χ3n) is 5.60. The minimum atomic E-state index is -4.61. The molecule has 0 saturated carbocycles. The molecule has 33 heavy (non-hydrogen) atoms. The molecule has 13 heteroatoms. The fourth-order valence-corrected chi connectivity index (χ4v) is 4.74. The highest BCUT2D eigenvalue weighted by molar-refractivity contribution is 7.17. The summed E-state index contributed by atoms with van der Waals surface area (Å²) in [6.45, 7) is 0.245. The number of alkyl halides is 4. The van der Waals surface area contributed by atoms with Crippen LogP contribution < -0.4 is 15.5 Å². The average Bonchev–Trinajstić information content (AvgIpc) is 3.19. The summed E-state index contributed by atoms with van der Waals surface area (Å²) in [5.74, 6) is -0.411. The van der Waals surface area contributed by atoms with Gasteiger partial charge in [-0.3, -0.25) is 4.79 Å². The minimum absolute atomic E-state index is 0.00190. The Kier molecular flexibility index (Phi) is 6.36. The van der Waals surface area contributed by atoms with Crippen molar-refractivity contribution in [1.82, 2.24) is 15.6 Å². The number of pyridine rings is 1. The number of amides is 2. The lowest BCUT2D eigenvalue weighted by Crippen LogP contribution is -2.54. The standard InChI is InChI=1S/C20H22F4N4O4S/c1-25-17(29)12-7-33-16-13(20(22,23)24)6-14(27-15(12)16)28-4-2-11(3-5-28)32-18(30)26-8-19(21)9-31-10-19/h6-7,11H,2-5,8-10H2,1H3,(H,25,29)(H,26,30). The van der Waals surface area contributed by atoms with Crippen molar-refractivity contribution in [2.45, 2.75) is 30.8 Å². The summed E-state index contributed by atoms with van der Waals surface area (Å²) < 4.78 is 65.0. The highest BCUT2D eigenvalue weighted by Gasteiger charge is 2.39. The first kappa shape index (κ1) is 23.5. The number of piperidine rings is 1. The molecule has 0 unspecified atom stereocenters. The van der Waals surface area contributed by atoms with Crippen LogP contribution in [0.1, 0.15) is 28.8 Å². The monoisotopic (exact) mass is 490 g/mol. The topological polar surface area (TPSA) is 92.8 Å². The minimum Gasteiger partial charge on any atom is -0.446 e. The molecule has 0 bridgehead atoms. The zero-order chi connectivity index (χ0) is 23.8. The van der Waals surface area contributed by atoms with E-state index in [-0.39, 0.29) is 41.4 Å². The van der Waals surface area contributed by atoms with E-state index in [0.717, 1.165) is 17.4 Å². The van der Waals surface area contributed by atoms with E-state index in [0.29, 0.717) is 25.9 Å². The number of fused-ring (bicyclic) bond motifs is 1. The number of hydrogen-bond acceptors (Lipinski definition) is 7. The Bertz CT molecular complexity index is 1050. The van der Waals surface area contributed by atoms with Crippen LogP contribution in [-0.4, -0.2) is 68.7 Å². The fraction of sp³-hybridized carbons (Fsp3) is 0.550. The Morgan fingerprint density at radius 3 is 2.61 bits per heavy atom. The van der Waals surface area contributed by atoms with E-state index < -0.39 is 35.5 Å². The maximum Gasteiger partial charge on any atom is 0.417 e. The van der Waals surface area contributed by atoms with Gasteiger partial charge in [0.1, 0.15) is 11.9 Å². The summed E-state index contributed by atoms with van der Waals surface area (Å²) in [7, 11) is 1.40. The zero-order valence-electron chi connectivity index (χ0n) is 17.6. The van der Waals surface area contributed by atoms with E-state index in [2.05, 4.69) is 15.6 Å². The number of halogens is 4. The van der Waals surface area contributed by atoms with Crippen molar-refractivity contribution in [3.05, 3.63) is 22.6 Å². The number of nitrogens with one attached hydrogen (secondary N) is 2. The van der Waals surface area contributed by atoms with Crippen LogP contribution in [0.15, 0.2) is 11.4 Å². The molecule has 8 nitrogen and oxygen atoms in total. The molecule has 0 radical (unpaired) electrons. The average molecular weight is 490 g/mol.